The van der Waals surface area contributed by atoms with E-state index in [1.165, 1.54) is 0 Å². The molecule has 1 aromatic carbocycles. The van der Waals surface area contributed by atoms with Gasteiger partial charge < -0.3 is 4.42 Å². The van der Waals surface area contributed by atoms with Gasteiger partial charge in [0.1, 0.15) is 23.1 Å². The summed E-state index contributed by atoms with van der Waals surface area (Å²) in [6.45, 7) is 19.0. The number of fused-ring (bicyclic) bond motifs is 3. The van der Waals surface area contributed by atoms with Gasteiger partial charge in [-0.25, -0.2) is 9.97 Å². The topological polar surface area (TPSA) is 38.9 Å². The zero-order valence-corrected chi connectivity index (χ0v) is 15.2. The van der Waals surface area contributed by atoms with Crippen LogP contribution in [0.1, 0.15) is 32.9 Å². The predicted molar refractivity (Wildman–Crippen MR) is 105 cm³/mol. The molecule has 3 heteroatoms. The van der Waals surface area contributed by atoms with Crippen LogP contribution in [0, 0.1) is 11.3 Å². The first-order valence-corrected chi connectivity index (χ1v) is 8.50. The third-order valence-corrected chi connectivity index (χ3v) is 5.34. The van der Waals surface area contributed by atoms with Crippen LogP contribution in [0.3, 0.4) is 0 Å². The fraction of sp³-hybridized carbons (Fsp3) is 0.273. The van der Waals surface area contributed by atoms with Crippen LogP contribution in [-0.2, 0) is 0 Å². The molecular formula is C22H24N2O. The fourth-order valence-electron chi connectivity index (χ4n) is 3.11. The van der Waals surface area contributed by atoms with E-state index >= 15 is 0 Å². The quantitative estimate of drug-likeness (QED) is 0.399. The maximum atomic E-state index is 6.03. The average Bonchev–Trinajstić information content (AvgIpc) is 2.99. The molecule has 1 atom stereocenters. The second-order valence-electron chi connectivity index (χ2n) is 7.10. The number of aromatic nitrogens is 2. The van der Waals surface area contributed by atoms with Crippen LogP contribution in [-0.4, -0.2) is 9.97 Å². The molecule has 0 radical (unpaired) electrons. The second-order valence-corrected chi connectivity index (χ2v) is 7.10. The monoisotopic (exact) mass is 332 g/mol. The van der Waals surface area contributed by atoms with E-state index < -0.39 is 0 Å². The molecule has 3 nitrogen and oxygen atoms in total. The summed E-state index contributed by atoms with van der Waals surface area (Å²) in [4.78, 5) is 8.87. The Labute approximate surface area is 148 Å². The first kappa shape index (κ1) is 17.2. The van der Waals surface area contributed by atoms with Crippen LogP contribution < -0.4 is 0 Å². The van der Waals surface area contributed by atoms with Crippen LogP contribution in [0.4, 0.5) is 0 Å². The van der Waals surface area contributed by atoms with E-state index in [-0.39, 0.29) is 5.41 Å². The lowest BCUT2D eigenvalue weighted by Gasteiger charge is -2.34. The molecule has 3 aromatic rings. The first-order valence-electron chi connectivity index (χ1n) is 8.50. The Hall–Kier alpha value is -2.68. The minimum absolute atomic E-state index is 0.130. The molecule has 0 saturated carbocycles. The van der Waals surface area contributed by atoms with Crippen molar-refractivity contribution in [1.29, 1.82) is 0 Å². The normalized spacial score (nSPS) is 13.1. The number of furan rings is 1. The van der Waals surface area contributed by atoms with Crippen LogP contribution in [0.15, 0.2) is 66.4 Å². The van der Waals surface area contributed by atoms with Gasteiger partial charge in [0, 0.05) is 11.0 Å². The molecule has 1 unspecified atom stereocenters. The van der Waals surface area contributed by atoms with Crippen LogP contribution in [0.25, 0.3) is 27.6 Å². The number of hydrogen-bond donors (Lipinski definition) is 0. The van der Waals surface area contributed by atoms with Crippen molar-refractivity contribution in [3.8, 4) is 0 Å². The fourth-order valence-corrected chi connectivity index (χ4v) is 3.11. The van der Waals surface area contributed by atoms with Crippen molar-refractivity contribution in [2.75, 3.05) is 0 Å². The molecule has 2 heterocycles. The molecule has 0 aliphatic heterocycles. The first-order chi connectivity index (χ1) is 11.9. The molecule has 0 bridgehead atoms. The highest BCUT2D eigenvalue weighted by atomic mass is 16.3. The lowest BCUT2D eigenvalue weighted by Crippen LogP contribution is -2.24. The Kier molecular flexibility index (Phi) is 4.34. The predicted octanol–water partition coefficient (Wildman–Crippen LogP) is 6.18. The molecule has 0 aliphatic rings. The Morgan fingerprint density at radius 2 is 1.96 bits per heavy atom. The summed E-state index contributed by atoms with van der Waals surface area (Å²) in [7, 11) is 0. The lowest BCUT2D eigenvalue weighted by molar-refractivity contribution is 0.298. The average molecular weight is 332 g/mol. The summed E-state index contributed by atoms with van der Waals surface area (Å²) in [5.41, 5.74) is 4.62. The Morgan fingerprint density at radius 1 is 1.24 bits per heavy atom. The van der Waals surface area contributed by atoms with Crippen molar-refractivity contribution in [1.82, 2.24) is 9.97 Å². The highest BCUT2D eigenvalue weighted by Gasteiger charge is 2.31. The number of nitrogens with zero attached hydrogens (tertiary/aromatic N) is 2. The summed E-state index contributed by atoms with van der Waals surface area (Å²) in [5, 5.41) is 0.985. The molecule has 128 valence electrons. The van der Waals surface area contributed by atoms with Gasteiger partial charge in [-0.05, 0) is 35.5 Å². The molecule has 2 aromatic heterocycles. The highest BCUT2D eigenvalue weighted by Crippen LogP contribution is 2.43. The van der Waals surface area contributed by atoms with Crippen molar-refractivity contribution in [3.63, 3.8) is 0 Å². The van der Waals surface area contributed by atoms with Gasteiger partial charge in [0.15, 0.2) is 5.58 Å². The highest BCUT2D eigenvalue weighted by molar-refractivity contribution is 6.05. The Balaban J connectivity index is 2.08. The van der Waals surface area contributed by atoms with Crippen molar-refractivity contribution >= 4 is 27.6 Å². The van der Waals surface area contributed by atoms with Gasteiger partial charge >= 0.3 is 0 Å². The van der Waals surface area contributed by atoms with Gasteiger partial charge in [0.05, 0.1) is 0 Å². The van der Waals surface area contributed by atoms with Gasteiger partial charge in [0.25, 0.3) is 0 Å². The van der Waals surface area contributed by atoms with Gasteiger partial charge in [-0.1, -0.05) is 52.1 Å². The molecule has 0 spiro atoms. The molecule has 0 saturated heterocycles. The zero-order valence-electron chi connectivity index (χ0n) is 15.2. The Bertz CT molecular complexity index is 978. The van der Waals surface area contributed by atoms with Crippen molar-refractivity contribution in [3.05, 3.63) is 67.7 Å². The second kappa shape index (κ2) is 6.32. The number of allylic oxidation sites excluding steroid dienone is 3. The van der Waals surface area contributed by atoms with E-state index in [0.717, 1.165) is 34.1 Å². The van der Waals surface area contributed by atoms with Crippen LogP contribution >= 0.6 is 0 Å². The SMILES string of the molecule is C=CCC(C)C(C)(C)C(=C)C(=C)c1ncnc2c1oc1ccccc12. The smallest absolute Gasteiger partial charge is 0.180 e. The maximum Gasteiger partial charge on any atom is 0.180 e. The Morgan fingerprint density at radius 3 is 2.68 bits per heavy atom. The minimum Gasteiger partial charge on any atom is -0.452 e. The van der Waals surface area contributed by atoms with E-state index in [0.29, 0.717) is 17.2 Å². The number of hydrogen-bond acceptors (Lipinski definition) is 3. The summed E-state index contributed by atoms with van der Waals surface area (Å²) in [6.07, 6.45) is 4.44. The van der Waals surface area contributed by atoms with E-state index in [9.17, 15) is 0 Å². The molecule has 0 amide bonds. The minimum atomic E-state index is -0.130. The molecule has 0 N–H and O–H groups in total. The summed E-state index contributed by atoms with van der Waals surface area (Å²) in [6, 6.07) is 7.87. The van der Waals surface area contributed by atoms with Gasteiger partial charge in [0.2, 0.25) is 0 Å². The summed E-state index contributed by atoms with van der Waals surface area (Å²) >= 11 is 0. The molecule has 25 heavy (non-hydrogen) atoms. The zero-order chi connectivity index (χ0) is 18.2. The molecular weight excluding hydrogens is 308 g/mol. The third-order valence-electron chi connectivity index (χ3n) is 5.34. The molecule has 3 rings (SSSR count). The number of para-hydroxylation sites is 1. The lowest BCUT2D eigenvalue weighted by atomic mass is 9.70. The summed E-state index contributed by atoms with van der Waals surface area (Å²) < 4.78 is 6.03. The molecule has 0 aliphatic carbocycles. The third kappa shape index (κ3) is 2.80. The number of benzene rings is 1. The van der Waals surface area contributed by atoms with E-state index in [1.807, 2.05) is 30.3 Å². The van der Waals surface area contributed by atoms with Crippen molar-refractivity contribution in [2.24, 2.45) is 11.3 Å². The largest absolute Gasteiger partial charge is 0.452 e. The standard InChI is InChI=1S/C22H24N2O/c1-7-10-14(2)22(5,6)16(4)15(3)19-21-20(24-13-23-19)17-11-8-9-12-18(17)25-21/h7-9,11-14H,1,3-4,10H2,2,5-6H3. The maximum absolute atomic E-state index is 6.03. The van der Waals surface area contributed by atoms with Crippen molar-refractivity contribution in [2.45, 2.75) is 27.2 Å². The van der Waals surface area contributed by atoms with Crippen LogP contribution in [0.2, 0.25) is 0 Å². The van der Waals surface area contributed by atoms with E-state index in [2.05, 4.69) is 50.5 Å². The number of rotatable bonds is 6. The van der Waals surface area contributed by atoms with E-state index in [4.69, 9.17) is 4.42 Å². The van der Waals surface area contributed by atoms with Crippen LogP contribution in [0.5, 0.6) is 0 Å². The molecule has 0 fully saturated rings. The van der Waals surface area contributed by atoms with E-state index in [1.54, 1.807) is 6.33 Å². The van der Waals surface area contributed by atoms with Crippen molar-refractivity contribution < 1.29 is 4.42 Å². The summed E-state index contributed by atoms with van der Waals surface area (Å²) in [5.74, 6) is 0.391. The van der Waals surface area contributed by atoms with Gasteiger partial charge in [-0.3, -0.25) is 0 Å². The van der Waals surface area contributed by atoms with Gasteiger partial charge in [-0.2, -0.15) is 0 Å². The van der Waals surface area contributed by atoms with Gasteiger partial charge in [-0.15, -0.1) is 6.58 Å².